The summed E-state index contributed by atoms with van der Waals surface area (Å²) in [6, 6.07) is 32.2. The van der Waals surface area contributed by atoms with Crippen molar-refractivity contribution in [3.63, 3.8) is 0 Å². The van der Waals surface area contributed by atoms with Crippen molar-refractivity contribution in [3.8, 4) is 0 Å². The summed E-state index contributed by atoms with van der Waals surface area (Å²) in [5.41, 5.74) is 3.64. The first kappa shape index (κ1) is 38.4. The van der Waals surface area contributed by atoms with Gasteiger partial charge in [0.15, 0.2) is 0 Å². The zero-order valence-corrected chi connectivity index (χ0v) is 30.2. The summed E-state index contributed by atoms with van der Waals surface area (Å²) >= 11 is 0. The molecule has 3 atom stereocenters. The van der Waals surface area contributed by atoms with Crippen LogP contribution in [-0.4, -0.2) is 0 Å². The van der Waals surface area contributed by atoms with Crippen LogP contribution in [0, 0.1) is 0 Å². The molecular weight excluding hydrogens is 583 g/mol. The fraction of sp³-hybridized carbons (Fsp3) is 0.571. The second kappa shape index (κ2) is 25.0. The molecule has 46 heavy (non-hydrogen) atoms. The summed E-state index contributed by atoms with van der Waals surface area (Å²) in [7, 11) is -1.63. The average Bonchev–Trinajstić information content (AvgIpc) is 3.10. The minimum absolute atomic E-state index is 0.0594. The van der Waals surface area contributed by atoms with Gasteiger partial charge in [-0.2, -0.15) is 0 Å². The largest absolute Gasteiger partial charge is 0.334 e. The predicted octanol–water partition coefficient (Wildman–Crippen LogP) is 14.6. The van der Waals surface area contributed by atoms with Crippen molar-refractivity contribution in [2.24, 2.45) is 0 Å². The minimum atomic E-state index is -1.63. The minimum Gasteiger partial charge on any atom is -0.304 e. The zero-order valence-electron chi connectivity index (χ0n) is 29.3. The lowest BCUT2D eigenvalue weighted by atomic mass is 10.0. The summed E-state index contributed by atoms with van der Waals surface area (Å²) in [6.07, 6.45) is 21.3. The molecule has 254 valence electrons. The molecule has 3 aromatic carbocycles. The first-order valence-electron chi connectivity index (χ1n) is 18.7. The highest BCUT2D eigenvalue weighted by molar-refractivity contribution is 7.41. The fourth-order valence-corrected chi connectivity index (χ4v) is 7.48. The molecule has 0 saturated carbocycles. The maximum Gasteiger partial charge on any atom is 0.334 e. The number of hydrogen-bond acceptors (Lipinski definition) is 3. The first-order valence-corrected chi connectivity index (χ1v) is 19.8. The summed E-state index contributed by atoms with van der Waals surface area (Å²) in [6.45, 7) is 6.83. The van der Waals surface area contributed by atoms with Gasteiger partial charge in [-0.1, -0.05) is 208 Å². The molecule has 4 heteroatoms. The molecule has 0 N–H and O–H groups in total. The molecule has 0 aliphatic carbocycles. The van der Waals surface area contributed by atoms with Gasteiger partial charge in [0.1, 0.15) is 0 Å². The lowest BCUT2D eigenvalue weighted by Gasteiger charge is -2.30. The van der Waals surface area contributed by atoms with Crippen LogP contribution in [0.1, 0.15) is 171 Å². The second-order valence-corrected chi connectivity index (χ2v) is 13.9. The maximum atomic E-state index is 7.06. The first-order chi connectivity index (χ1) is 22.7. The average molecular weight is 647 g/mol. The maximum absolute atomic E-state index is 7.06. The van der Waals surface area contributed by atoms with Crippen molar-refractivity contribution < 1.29 is 13.6 Å². The second-order valence-electron chi connectivity index (χ2n) is 12.8. The summed E-state index contributed by atoms with van der Waals surface area (Å²) in [4.78, 5) is 0. The van der Waals surface area contributed by atoms with Gasteiger partial charge in [0, 0.05) is 0 Å². The van der Waals surface area contributed by atoms with Crippen LogP contribution >= 0.6 is 8.60 Å². The van der Waals surface area contributed by atoms with Crippen LogP contribution in [-0.2, 0) is 13.6 Å². The standard InChI is InChI=1S/C42H63O3P/c1-4-7-10-13-25-34-40(37-28-19-16-20-29-37)43-46(44-41(35-26-14-11-8-5-2)38-30-21-17-22-31-38)45-42(36-27-15-12-9-6-3)39-32-23-18-24-33-39/h16-24,28-33,40-42H,4-15,25-27,34-36H2,1-3H3. The van der Waals surface area contributed by atoms with Gasteiger partial charge in [-0.05, 0) is 36.0 Å². The van der Waals surface area contributed by atoms with E-state index < -0.39 is 8.60 Å². The topological polar surface area (TPSA) is 27.7 Å². The van der Waals surface area contributed by atoms with E-state index in [-0.39, 0.29) is 18.3 Å². The van der Waals surface area contributed by atoms with E-state index >= 15 is 0 Å². The highest BCUT2D eigenvalue weighted by atomic mass is 31.2. The molecule has 0 radical (unpaired) electrons. The molecule has 0 aromatic heterocycles. The number of unbranched alkanes of at least 4 members (excludes halogenated alkanes) is 12. The highest BCUT2D eigenvalue weighted by Crippen LogP contribution is 2.54. The summed E-state index contributed by atoms with van der Waals surface area (Å²) < 4.78 is 21.2. The number of hydrogen-bond donors (Lipinski definition) is 0. The van der Waals surface area contributed by atoms with Crippen LogP contribution in [0.25, 0.3) is 0 Å². The monoisotopic (exact) mass is 646 g/mol. The van der Waals surface area contributed by atoms with E-state index in [4.69, 9.17) is 13.6 Å². The molecule has 0 spiro atoms. The van der Waals surface area contributed by atoms with Crippen molar-refractivity contribution in [3.05, 3.63) is 108 Å². The van der Waals surface area contributed by atoms with Gasteiger partial charge in [0.25, 0.3) is 0 Å². The molecule has 0 fully saturated rings. The van der Waals surface area contributed by atoms with Crippen molar-refractivity contribution >= 4 is 8.60 Å². The van der Waals surface area contributed by atoms with Crippen LogP contribution in [0.2, 0.25) is 0 Å². The smallest absolute Gasteiger partial charge is 0.304 e. The Morgan fingerprint density at radius 3 is 0.891 bits per heavy atom. The van der Waals surface area contributed by atoms with Crippen LogP contribution < -0.4 is 0 Å². The van der Waals surface area contributed by atoms with Gasteiger partial charge >= 0.3 is 8.60 Å². The third-order valence-electron chi connectivity index (χ3n) is 8.86. The van der Waals surface area contributed by atoms with Crippen molar-refractivity contribution in [2.75, 3.05) is 0 Å². The van der Waals surface area contributed by atoms with Gasteiger partial charge in [0.05, 0.1) is 18.3 Å². The van der Waals surface area contributed by atoms with E-state index in [1.54, 1.807) is 0 Å². The Morgan fingerprint density at radius 2 is 0.630 bits per heavy atom. The normalized spacial score (nSPS) is 14.2. The number of benzene rings is 3. The highest BCUT2D eigenvalue weighted by Gasteiger charge is 2.29. The SMILES string of the molecule is CCCCCCCC(OP(OC(CCCCCCC)c1ccccc1)OC(CCCCCCC)c1ccccc1)c1ccccc1. The Kier molecular flexibility index (Phi) is 20.9. The molecule has 0 aliphatic rings. The van der Waals surface area contributed by atoms with Gasteiger partial charge in [0.2, 0.25) is 0 Å². The summed E-state index contributed by atoms with van der Waals surface area (Å²) in [5.74, 6) is 0. The Morgan fingerprint density at radius 1 is 0.370 bits per heavy atom. The molecular formula is C42H63O3P. The van der Waals surface area contributed by atoms with Gasteiger partial charge < -0.3 is 13.6 Å². The van der Waals surface area contributed by atoms with E-state index in [0.717, 1.165) is 38.5 Å². The van der Waals surface area contributed by atoms with E-state index in [0.29, 0.717) is 0 Å². The van der Waals surface area contributed by atoms with Crippen LogP contribution in [0.15, 0.2) is 91.0 Å². The lowest BCUT2D eigenvalue weighted by Crippen LogP contribution is -2.11. The fourth-order valence-electron chi connectivity index (χ4n) is 6.03. The van der Waals surface area contributed by atoms with E-state index in [1.165, 1.54) is 93.7 Å². The van der Waals surface area contributed by atoms with Crippen molar-refractivity contribution in [2.45, 2.75) is 155 Å². The van der Waals surface area contributed by atoms with Crippen molar-refractivity contribution in [1.29, 1.82) is 0 Å². The van der Waals surface area contributed by atoms with Gasteiger partial charge in [-0.25, -0.2) is 0 Å². The molecule has 0 bridgehead atoms. The molecule has 3 unspecified atom stereocenters. The number of rotatable bonds is 27. The predicted molar refractivity (Wildman–Crippen MR) is 198 cm³/mol. The zero-order chi connectivity index (χ0) is 32.5. The quantitative estimate of drug-likeness (QED) is 0.0609. The third kappa shape index (κ3) is 15.7. The van der Waals surface area contributed by atoms with Crippen LogP contribution in [0.5, 0.6) is 0 Å². The molecule has 0 heterocycles. The molecule has 0 amide bonds. The summed E-state index contributed by atoms with van der Waals surface area (Å²) in [5, 5.41) is 0. The molecule has 0 saturated heterocycles. The third-order valence-corrected chi connectivity index (χ3v) is 10.1. The van der Waals surface area contributed by atoms with E-state index in [1.807, 2.05) is 0 Å². The Balaban J connectivity index is 1.87. The van der Waals surface area contributed by atoms with Crippen LogP contribution in [0.4, 0.5) is 0 Å². The Bertz CT molecular complexity index is 952. The molecule has 3 nitrogen and oxygen atoms in total. The Hall–Kier alpha value is -2.03. The lowest BCUT2D eigenvalue weighted by molar-refractivity contribution is 0.0545. The van der Waals surface area contributed by atoms with E-state index in [2.05, 4.69) is 112 Å². The van der Waals surface area contributed by atoms with Crippen molar-refractivity contribution in [1.82, 2.24) is 0 Å². The molecule has 3 rings (SSSR count). The van der Waals surface area contributed by atoms with E-state index in [9.17, 15) is 0 Å². The Labute approximate surface area is 283 Å². The molecule has 0 aliphatic heterocycles. The van der Waals surface area contributed by atoms with Gasteiger partial charge in [-0.15, -0.1) is 0 Å². The van der Waals surface area contributed by atoms with Crippen LogP contribution in [0.3, 0.4) is 0 Å². The van der Waals surface area contributed by atoms with Gasteiger partial charge in [-0.3, -0.25) is 0 Å². The molecule has 3 aromatic rings.